The molecule has 2 amide bonds. The SMILES string of the molecule is CC(C)(C)OC(=O)NC(CC(F)(F)F)C(O)C(=O)NCc1cccs1. The average Bonchev–Trinajstić information content (AvgIpc) is 2.92. The molecule has 0 bridgehead atoms. The average molecular weight is 382 g/mol. The molecular formula is C15H21F3N2O4S. The van der Waals surface area contributed by atoms with Gasteiger partial charge in [0.15, 0.2) is 6.10 Å². The number of carbonyl (C=O) groups excluding carboxylic acids is 2. The number of ether oxygens (including phenoxy) is 1. The summed E-state index contributed by atoms with van der Waals surface area (Å²) < 4.78 is 43.0. The monoisotopic (exact) mass is 382 g/mol. The number of hydrogen-bond donors (Lipinski definition) is 3. The fourth-order valence-corrected chi connectivity index (χ4v) is 2.47. The van der Waals surface area contributed by atoms with Crippen LogP contribution in [0.25, 0.3) is 0 Å². The Kier molecular flexibility index (Phi) is 7.24. The van der Waals surface area contributed by atoms with E-state index in [4.69, 9.17) is 4.74 Å². The van der Waals surface area contributed by atoms with Crippen molar-refractivity contribution in [2.45, 2.75) is 57.7 Å². The van der Waals surface area contributed by atoms with E-state index >= 15 is 0 Å². The van der Waals surface area contributed by atoms with E-state index in [0.717, 1.165) is 4.88 Å². The summed E-state index contributed by atoms with van der Waals surface area (Å²) in [6.45, 7) is 4.68. The molecule has 0 aliphatic heterocycles. The summed E-state index contributed by atoms with van der Waals surface area (Å²) in [4.78, 5) is 24.4. The molecule has 1 rings (SSSR count). The van der Waals surface area contributed by atoms with Gasteiger partial charge in [0.2, 0.25) is 0 Å². The molecule has 0 spiro atoms. The van der Waals surface area contributed by atoms with Gasteiger partial charge in [0.05, 0.1) is 19.0 Å². The lowest BCUT2D eigenvalue weighted by atomic mass is 10.1. The summed E-state index contributed by atoms with van der Waals surface area (Å²) in [5, 5.41) is 16.0. The molecule has 0 radical (unpaired) electrons. The van der Waals surface area contributed by atoms with E-state index in [1.165, 1.54) is 32.1 Å². The number of aliphatic hydroxyl groups is 1. The van der Waals surface area contributed by atoms with E-state index in [1.807, 2.05) is 5.32 Å². The molecule has 142 valence electrons. The predicted octanol–water partition coefficient (Wildman–Crippen LogP) is 2.57. The van der Waals surface area contributed by atoms with Crippen LogP contribution in [-0.2, 0) is 16.1 Å². The van der Waals surface area contributed by atoms with Crippen molar-refractivity contribution >= 4 is 23.3 Å². The van der Waals surface area contributed by atoms with Crippen LogP contribution in [0.1, 0.15) is 32.1 Å². The lowest BCUT2D eigenvalue weighted by molar-refractivity contribution is -0.151. The zero-order valence-electron chi connectivity index (χ0n) is 14.0. The summed E-state index contributed by atoms with van der Waals surface area (Å²) in [5.74, 6) is -1.02. The van der Waals surface area contributed by atoms with Crippen LogP contribution < -0.4 is 10.6 Å². The van der Waals surface area contributed by atoms with Gasteiger partial charge >= 0.3 is 12.3 Å². The van der Waals surface area contributed by atoms with Crippen molar-refractivity contribution in [3.63, 3.8) is 0 Å². The van der Waals surface area contributed by atoms with Crippen LogP contribution in [0.2, 0.25) is 0 Å². The van der Waals surface area contributed by atoms with Crippen molar-refractivity contribution in [2.24, 2.45) is 0 Å². The fourth-order valence-electron chi connectivity index (χ4n) is 1.82. The minimum atomic E-state index is -4.69. The molecule has 2 unspecified atom stereocenters. The van der Waals surface area contributed by atoms with Gasteiger partial charge in [0, 0.05) is 4.88 Å². The van der Waals surface area contributed by atoms with E-state index in [-0.39, 0.29) is 6.54 Å². The van der Waals surface area contributed by atoms with Crippen molar-refractivity contribution in [1.82, 2.24) is 10.6 Å². The largest absolute Gasteiger partial charge is 0.444 e. The molecule has 1 aromatic rings. The smallest absolute Gasteiger partial charge is 0.407 e. The van der Waals surface area contributed by atoms with Crippen LogP contribution in [0.15, 0.2) is 17.5 Å². The van der Waals surface area contributed by atoms with Gasteiger partial charge in [-0.3, -0.25) is 4.79 Å². The molecule has 0 aliphatic rings. The molecule has 3 N–H and O–H groups in total. The number of hydrogen-bond acceptors (Lipinski definition) is 5. The Balaban J connectivity index is 2.72. The highest BCUT2D eigenvalue weighted by molar-refractivity contribution is 7.09. The van der Waals surface area contributed by atoms with Gasteiger partial charge in [-0.2, -0.15) is 13.2 Å². The molecular weight excluding hydrogens is 361 g/mol. The molecule has 0 fully saturated rings. The number of rotatable bonds is 6. The first-order chi connectivity index (χ1) is 11.4. The zero-order chi connectivity index (χ0) is 19.3. The number of alkyl carbamates (subject to hydrolysis) is 1. The lowest BCUT2D eigenvalue weighted by Crippen LogP contribution is -2.53. The van der Waals surface area contributed by atoms with Crippen molar-refractivity contribution in [3.8, 4) is 0 Å². The Bertz CT molecular complexity index is 570. The Morgan fingerprint density at radius 2 is 1.96 bits per heavy atom. The quantitative estimate of drug-likeness (QED) is 0.706. The highest BCUT2D eigenvalue weighted by atomic mass is 32.1. The molecule has 1 aromatic heterocycles. The summed E-state index contributed by atoms with van der Waals surface area (Å²) >= 11 is 1.35. The van der Waals surface area contributed by atoms with Crippen LogP contribution in [-0.4, -0.2) is 41.0 Å². The number of halogens is 3. The first kappa shape index (κ1) is 21.2. The second-order valence-corrected chi connectivity index (χ2v) is 7.35. The topological polar surface area (TPSA) is 87.7 Å². The number of aliphatic hydroxyl groups excluding tert-OH is 1. The first-order valence-electron chi connectivity index (χ1n) is 7.42. The lowest BCUT2D eigenvalue weighted by Gasteiger charge is -2.26. The maximum Gasteiger partial charge on any atom is 0.407 e. The fraction of sp³-hybridized carbons (Fsp3) is 0.600. The van der Waals surface area contributed by atoms with Gasteiger partial charge in [-0.1, -0.05) is 6.07 Å². The van der Waals surface area contributed by atoms with Gasteiger partial charge in [-0.25, -0.2) is 4.79 Å². The van der Waals surface area contributed by atoms with E-state index in [9.17, 15) is 27.9 Å². The van der Waals surface area contributed by atoms with E-state index < -0.39 is 42.3 Å². The van der Waals surface area contributed by atoms with Crippen LogP contribution in [0.3, 0.4) is 0 Å². The van der Waals surface area contributed by atoms with Crippen molar-refractivity contribution in [3.05, 3.63) is 22.4 Å². The molecule has 0 aromatic carbocycles. The van der Waals surface area contributed by atoms with Gasteiger partial charge < -0.3 is 20.5 Å². The highest BCUT2D eigenvalue weighted by Gasteiger charge is 2.39. The first-order valence-corrected chi connectivity index (χ1v) is 8.30. The molecule has 6 nitrogen and oxygen atoms in total. The second-order valence-electron chi connectivity index (χ2n) is 6.31. The number of amides is 2. The number of carbonyl (C=O) groups is 2. The molecule has 25 heavy (non-hydrogen) atoms. The van der Waals surface area contributed by atoms with Crippen molar-refractivity contribution in [2.75, 3.05) is 0 Å². The van der Waals surface area contributed by atoms with Gasteiger partial charge in [-0.05, 0) is 32.2 Å². The number of thiophene rings is 1. The molecule has 2 atom stereocenters. The maximum atomic E-state index is 12.7. The standard InChI is InChI=1S/C15H21F3N2O4S/c1-14(2,3)24-13(23)20-10(7-15(16,17)18)11(21)12(22)19-8-9-5-4-6-25-9/h4-6,10-11,21H,7-8H2,1-3H3,(H,19,22)(H,20,23). The Labute approximate surface area is 147 Å². The Morgan fingerprint density at radius 1 is 1.32 bits per heavy atom. The van der Waals surface area contributed by atoms with E-state index in [1.54, 1.807) is 17.5 Å². The van der Waals surface area contributed by atoms with Crippen molar-refractivity contribution in [1.29, 1.82) is 0 Å². The molecule has 10 heteroatoms. The van der Waals surface area contributed by atoms with E-state index in [0.29, 0.717) is 0 Å². The van der Waals surface area contributed by atoms with Gasteiger partial charge in [0.25, 0.3) is 5.91 Å². The predicted molar refractivity (Wildman–Crippen MR) is 86.0 cm³/mol. The zero-order valence-corrected chi connectivity index (χ0v) is 14.8. The Morgan fingerprint density at radius 3 is 2.44 bits per heavy atom. The Hall–Kier alpha value is -1.81. The normalized spacial score (nSPS) is 14.5. The van der Waals surface area contributed by atoms with Crippen LogP contribution in [0.4, 0.5) is 18.0 Å². The van der Waals surface area contributed by atoms with Crippen LogP contribution in [0, 0.1) is 0 Å². The van der Waals surface area contributed by atoms with Gasteiger partial charge in [-0.15, -0.1) is 11.3 Å². The summed E-state index contributed by atoms with van der Waals surface area (Å²) in [5.41, 5.74) is -0.931. The summed E-state index contributed by atoms with van der Waals surface area (Å²) in [6, 6.07) is 1.61. The molecule has 1 heterocycles. The molecule has 0 aliphatic carbocycles. The third-order valence-electron chi connectivity index (χ3n) is 2.82. The molecule has 0 saturated carbocycles. The summed E-state index contributed by atoms with van der Waals surface area (Å²) in [6.07, 6.45) is -9.48. The third kappa shape index (κ3) is 8.73. The number of alkyl halides is 3. The third-order valence-corrected chi connectivity index (χ3v) is 3.70. The maximum absolute atomic E-state index is 12.7. The number of nitrogens with one attached hydrogen (secondary N) is 2. The van der Waals surface area contributed by atoms with Crippen LogP contribution in [0.5, 0.6) is 0 Å². The van der Waals surface area contributed by atoms with Crippen molar-refractivity contribution < 1.29 is 32.6 Å². The van der Waals surface area contributed by atoms with Gasteiger partial charge in [0.1, 0.15) is 5.60 Å². The molecule has 0 saturated heterocycles. The minimum Gasteiger partial charge on any atom is -0.444 e. The van der Waals surface area contributed by atoms with Crippen LogP contribution >= 0.6 is 11.3 Å². The van der Waals surface area contributed by atoms with E-state index in [2.05, 4.69) is 5.32 Å². The minimum absolute atomic E-state index is 0.0682. The highest BCUT2D eigenvalue weighted by Crippen LogP contribution is 2.23. The summed E-state index contributed by atoms with van der Waals surface area (Å²) in [7, 11) is 0. The second kappa shape index (κ2) is 8.52.